The summed E-state index contributed by atoms with van der Waals surface area (Å²) < 4.78 is 0. The van der Waals surface area contributed by atoms with Crippen LogP contribution < -0.4 is 0 Å². The molecule has 0 aliphatic carbocycles. The molecule has 0 N–H and O–H groups in total. The van der Waals surface area contributed by atoms with Gasteiger partial charge in [0.2, 0.25) is 0 Å². The molecule has 1 aromatic heterocycles. The van der Waals surface area contributed by atoms with Crippen molar-refractivity contribution in [3.63, 3.8) is 0 Å². The van der Waals surface area contributed by atoms with Gasteiger partial charge < -0.3 is 0 Å². The van der Waals surface area contributed by atoms with Crippen LogP contribution in [0.3, 0.4) is 0 Å². The van der Waals surface area contributed by atoms with Gasteiger partial charge in [0.15, 0.2) is 0 Å². The van der Waals surface area contributed by atoms with Crippen LogP contribution in [-0.2, 0) is 11.8 Å². The third-order valence-corrected chi connectivity index (χ3v) is 4.10. The summed E-state index contributed by atoms with van der Waals surface area (Å²) >= 11 is 1.77. The van der Waals surface area contributed by atoms with Gasteiger partial charge in [0.05, 0.1) is 10.7 Å². The fraction of sp³-hybridized carbons (Fsp3) is 0.438. The van der Waals surface area contributed by atoms with Gasteiger partial charge in [-0.3, -0.25) is 0 Å². The first-order chi connectivity index (χ1) is 8.36. The molecule has 1 heterocycles. The highest BCUT2D eigenvalue weighted by atomic mass is 32.1. The van der Waals surface area contributed by atoms with E-state index in [1.807, 2.05) is 0 Å². The van der Waals surface area contributed by atoms with Crippen LogP contribution in [0, 0.1) is 13.8 Å². The summed E-state index contributed by atoms with van der Waals surface area (Å²) in [6.07, 6.45) is 0.946. The minimum Gasteiger partial charge on any atom is -0.245 e. The number of nitrogens with zero attached hydrogens (tertiary/aromatic N) is 1. The van der Waals surface area contributed by atoms with Crippen molar-refractivity contribution in [3.8, 4) is 0 Å². The third kappa shape index (κ3) is 2.99. The lowest BCUT2D eigenvalue weighted by Crippen LogP contribution is -2.11. The molecule has 0 radical (unpaired) electrons. The number of aromatic nitrogens is 1. The highest BCUT2D eigenvalue weighted by molar-refractivity contribution is 7.09. The van der Waals surface area contributed by atoms with E-state index in [1.165, 1.54) is 27.4 Å². The number of rotatable bonds is 2. The molecule has 0 saturated heterocycles. The Bertz CT molecular complexity index is 546. The molecule has 0 unspecified atom stereocenters. The first-order valence-corrected chi connectivity index (χ1v) is 7.25. The van der Waals surface area contributed by atoms with E-state index in [9.17, 15) is 0 Å². The Morgan fingerprint density at radius 1 is 1.11 bits per heavy atom. The average molecular weight is 259 g/mol. The zero-order valence-electron chi connectivity index (χ0n) is 11.9. The SMILES string of the molecule is Cc1ccc(Cc2nc(C(C)(C)C)cs2)cc1C. The van der Waals surface area contributed by atoms with Crippen LogP contribution in [0.4, 0.5) is 0 Å². The molecule has 0 aliphatic heterocycles. The summed E-state index contributed by atoms with van der Waals surface area (Å²) in [5.41, 5.74) is 5.42. The van der Waals surface area contributed by atoms with Crippen molar-refractivity contribution in [1.82, 2.24) is 4.98 Å². The molecule has 0 atom stereocenters. The largest absolute Gasteiger partial charge is 0.245 e. The third-order valence-electron chi connectivity index (χ3n) is 3.25. The van der Waals surface area contributed by atoms with E-state index in [4.69, 9.17) is 4.98 Å². The van der Waals surface area contributed by atoms with Gasteiger partial charge in [-0.15, -0.1) is 11.3 Å². The molecule has 18 heavy (non-hydrogen) atoms. The quantitative estimate of drug-likeness (QED) is 0.765. The van der Waals surface area contributed by atoms with E-state index < -0.39 is 0 Å². The Kier molecular flexibility index (Phi) is 3.58. The second kappa shape index (κ2) is 4.85. The topological polar surface area (TPSA) is 12.9 Å². The highest BCUT2D eigenvalue weighted by Gasteiger charge is 2.17. The number of aryl methyl sites for hydroxylation is 2. The number of hydrogen-bond donors (Lipinski definition) is 0. The van der Waals surface area contributed by atoms with Crippen LogP contribution in [-0.4, -0.2) is 4.98 Å². The Hall–Kier alpha value is -1.15. The van der Waals surface area contributed by atoms with Gasteiger partial charge in [0.1, 0.15) is 0 Å². The fourth-order valence-corrected chi connectivity index (χ4v) is 2.88. The minimum atomic E-state index is 0.151. The molecule has 96 valence electrons. The van der Waals surface area contributed by atoms with Crippen molar-refractivity contribution in [2.45, 2.75) is 46.5 Å². The minimum absolute atomic E-state index is 0.151. The highest BCUT2D eigenvalue weighted by Crippen LogP contribution is 2.25. The van der Waals surface area contributed by atoms with Crippen LogP contribution in [0.25, 0.3) is 0 Å². The second-order valence-electron chi connectivity index (χ2n) is 5.97. The Balaban J connectivity index is 2.19. The predicted octanol–water partition coefficient (Wildman–Crippen LogP) is 4.65. The van der Waals surface area contributed by atoms with Crippen LogP contribution in [0.5, 0.6) is 0 Å². The fourth-order valence-electron chi connectivity index (χ4n) is 1.82. The Morgan fingerprint density at radius 3 is 2.39 bits per heavy atom. The van der Waals surface area contributed by atoms with E-state index in [2.05, 4.69) is 58.2 Å². The standard InChI is InChI=1S/C16H21NS/c1-11-6-7-13(8-12(11)2)9-15-17-14(10-18-15)16(3,4)5/h6-8,10H,9H2,1-5H3. The zero-order valence-corrected chi connectivity index (χ0v) is 12.7. The van der Waals surface area contributed by atoms with Crippen LogP contribution in [0.15, 0.2) is 23.6 Å². The van der Waals surface area contributed by atoms with Crippen molar-refractivity contribution < 1.29 is 0 Å². The Morgan fingerprint density at radius 2 is 1.83 bits per heavy atom. The van der Waals surface area contributed by atoms with Gasteiger partial charge >= 0.3 is 0 Å². The van der Waals surface area contributed by atoms with Crippen molar-refractivity contribution in [2.75, 3.05) is 0 Å². The molecular formula is C16H21NS. The number of hydrogen-bond acceptors (Lipinski definition) is 2. The predicted molar refractivity (Wildman–Crippen MR) is 79.5 cm³/mol. The summed E-state index contributed by atoms with van der Waals surface area (Å²) in [5, 5.41) is 3.40. The lowest BCUT2D eigenvalue weighted by atomic mass is 9.93. The summed E-state index contributed by atoms with van der Waals surface area (Å²) in [7, 11) is 0. The maximum absolute atomic E-state index is 4.75. The Labute approximate surface area is 114 Å². The normalized spacial score (nSPS) is 11.8. The molecule has 2 aromatic rings. The summed E-state index contributed by atoms with van der Waals surface area (Å²) in [6, 6.07) is 6.68. The lowest BCUT2D eigenvalue weighted by Gasteiger charge is -2.14. The van der Waals surface area contributed by atoms with Gasteiger partial charge in [0.25, 0.3) is 0 Å². The molecule has 2 rings (SSSR count). The maximum Gasteiger partial charge on any atom is 0.0972 e. The van der Waals surface area contributed by atoms with E-state index in [0.29, 0.717) is 0 Å². The smallest absolute Gasteiger partial charge is 0.0972 e. The maximum atomic E-state index is 4.75. The van der Waals surface area contributed by atoms with Crippen molar-refractivity contribution in [2.24, 2.45) is 0 Å². The molecule has 1 nitrogen and oxygen atoms in total. The van der Waals surface area contributed by atoms with Gasteiger partial charge in [-0.2, -0.15) is 0 Å². The molecule has 0 saturated carbocycles. The lowest BCUT2D eigenvalue weighted by molar-refractivity contribution is 0.571. The summed E-state index contributed by atoms with van der Waals surface area (Å²) in [5.74, 6) is 0. The monoisotopic (exact) mass is 259 g/mol. The van der Waals surface area contributed by atoms with E-state index in [0.717, 1.165) is 6.42 Å². The van der Waals surface area contributed by atoms with Gasteiger partial charge in [-0.05, 0) is 30.5 Å². The first kappa shape index (κ1) is 13.3. The zero-order chi connectivity index (χ0) is 13.3. The van der Waals surface area contributed by atoms with Crippen LogP contribution in [0.2, 0.25) is 0 Å². The van der Waals surface area contributed by atoms with Gasteiger partial charge in [-0.1, -0.05) is 39.0 Å². The molecule has 2 heteroatoms. The number of thiazole rings is 1. The second-order valence-corrected chi connectivity index (χ2v) is 6.91. The molecule has 0 spiro atoms. The van der Waals surface area contributed by atoms with Crippen molar-refractivity contribution in [1.29, 1.82) is 0 Å². The molecule has 1 aromatic carbocycles. The van der Waals surface area contributed by atoms with Crippen LogP contribution in [0.1, 0.15) is 48.2 Å². The number of benzene rings is 1. The van der Waals surface area contributed by atoms with E-state index >= 15 is 0 Å². The van der Waals surface area contributed by atoms with Crippen molar-refractivity contribution >= 4 is 11.3 Å². The summed E-state index contributed by atoms with van der Waals surface area (Å²) in [4.78, 5) is 4.75. The van der Waals surface area contributed by atoms with Gasteiger partial charge in [-0.25, -0.2) is 4.98 Å². The van der Waals surface area contributed by atoms with E-state index in [-0.39, 0.29) is 5.41 Å². The molecule has 0 fully saturated rings. The van der Waals surface area contributed by atoms with E-state index in [1.54, 1.807) is 11.3 Å². The van der Waals surface area contributed by atoms with Crippen LogP contribution >= 0.6 is 11.3 Å². The molecular weight excluding hydrogens is 238 g/mol. The summed E-state index contributed by atoms with van der Waals surface area (Å²) in [6.45, 7) is 11.0. The average Bonchev–Trinajstić information content (AvgIpc) is 2.72. The molecule has 0 bridgehead atoms. The van der Waals surface area contributed by atoms with Gasteiger partial charge in [0, 0.05) is 17.2 Å². The first-order valence-electron chi connectivity index (χ1n) is 6.37. The molecule has 0 aliphatic rings. The molecule has 0 amide bonds. The van der Waals surface area contributed by atoms with Crippen molar-refractivity contribution in [3.05, 3.63) is 51.0 Å².